The van der Waals surface area contributed by atoms with Gasteiger partial charge in [-0.15, -0.1) is 6.58 Å². The van der Waals surface area contributed by atoms with E-state index in [1.165, 1.54) is 5.20 Å². The van der Waals surface area contributed by atoms with Crippen molar-refractivity contribution in [2.45, 2.75) is 26.6 Å². The van der Waals surface area contributed by atoms with Crippen molar-refractivity contribution in [1.82, 2.24) is 0 Å². The van der Waals surface area contributed by atoms with E-state index in [2.05, 4.69) is 38.2 Å². The van der Waals surface area contributed by atoms with Gasteiger partial charge < -0.3 is 0 Å². The molecule has 1 unspecified atom stereocenters. The quantitative estimate of drug-likeness (QED) is 0.369. The van der Waals surface area contributed by atoms with Crippen LogP contribution in [-0.4, -0.2) is 13.1 Å². The summed E-state index contributed by atoms with van der Waals surface area (Å²) < 4.78 is 0. The van der Waals surface area contributed by atoms with Crippen LogP contribution in [0.25, 0.3) is 0 Å². The zero-order valence-electron chi connectivity index (χ0n) is 7.77. The first-order valence-electron chi connectivity index (χ1n) is 3.81. The molecule has 62 valence electrons. The van der Waals surface area contributed by atoms with Gasteiger partial charge in [-0.25, -0.2) is 0 Å². The highest BCUT2D eigenvalue weighted by molar-refractivity contribution is 7.78. The number of rotatable bonds is 3. The van der Waals surface area contributed by atoms with Crippen LogP contribution in [0.3, 0.4) is 0 Å². The summed E-state index contributed by atoms with van der Waals surface area (Å²) in [5, 5.41) is 4.18. The molecule has 0 amide bonds. The third-order valence-electron chi connectivity index (χ3n) is 1.73. The molecule has 0 aromatic carbocycles. The Balaban J connectivity index is 4.71. The normalized spacial score (nSPS) is 13.5. The van der Waals surface area contributed by atoms with Crippen LogP contribution in [-0.2, 0) is 0 Å². The van der Waals surface area contributed by atoms with E-state index >= 15 is 0 Å². The minimum absolute atomic E-state index is 0.402. The van der Waals surface area contributed by atoms with E-state index in [4.69, 9.17) is 12.2 Å². The number of thiocarbonyl (C=S) groups is 1. The van der Waals surface area contributed by atoms with Crippen LogP contribution in [0.15, 0.2) is 17.9 Å². The lowest BCUT2D eigenvalue weighted by Crippen LogP contribution is -2.27. The molecule has 0 bridgehead atoms. The van der Waals surface area contributed by atoms with Crippen LogP contribution in [0.5, 0.6) is 0 Å². The Labute approximate surface area is 76.0 Å². The second-order valence-corrected chi connectivity index (χ2v) is 9.03. The third kappa shape index (κ3) is 3.15. The van der Waals surface area contributed by atoms with Gasteiger partial charge >= 0.3 is 0 Å². The summed E-state index contributed by atoms with van der Waals surface area (Å²) >= 11 is 4.86. The summed E-state index contributed by atoms with van der Waals surface area (Å²) in [6, 6.07) is 0. The van der Waals surface area contributed by atoms with Gasteiger partial charge in [-0.1, -0.05) is 37.7 Å². The van der Waals surface area contributed by atoms with Crippen molar-refractivity contribution >= 4 is 25.3 Å². The standard InChI is InChI=1S/C9H16SSi/c1-6-8(2)9(7-10)11(3,4)5/h6,8H,1H2,2-5H3. The van der Waals surface area contributed by atoms with Gasteiger partial charge in [0.15, 0.2) is 0 Å². The summed E-state index contributed by atoms with van der Waals surface area (Å²) in [7, 11) is -1.24. The SMILES string of the molecule is C=CC(C)C(=C=S)[Si](C)(C)C. The second kappa shape index (κ2) is 4.00. The lowest BCUT2D eigenvalue weighted by atomic mass is 10.2. The molecule has 0 N–H and O–H groups in total. The van der Waals surface area contributed by atoms with Crippen molar-refractivity contribution < 1.29 is 0 Å². The molecule has 2 heteroatoms. The van der Waals surface area contributed by atoms with Gasteiger partial charge in [0.1, 0.15) is 0 Å². The lowest BCUT2D eigenvalue weighted by molar-refractivity contribution is 0.921. The van der Waals surface area contributed by atoms with E-state index in [0.29, 0.717) is 5.92 Å². The molecule has 1 atom stereocenters. The highest BCUT2D eigenvalue weighted by Crippen LogP contribution is 2.20. The van der Waals surface area contributed by atoms with E-state index in [1.54, 1.807) is 0 Å². The van der Waals surface area contributed by atoms with Crippen molar-refractivity contribution in [3.63, 3.8) is 0 Å². The first-order chi connectivity index (χ1) is 4.93. The number of hydrogen-bond acceptors (Lipinski definition) is 1. The summed E-state index contributed by atoms with van der Waals surface area (Å²) in [5.74, 6) is 0.402. The fourth-order valence-electron chi connectivity index (χ4n) is 1.05. The van der Waals surface area contributed by atoms with Gasteiger partial charge in [-0.2, -0.15) is 0 Å². The van der Waals surface area contributed by atoms with Crippen molar-refractivity contribution in [1.29, 1.82) is 0 Å². The summed E-state index contributed by atoms with van der Waals surface area (Å²) in [6.45, 7) is 12.7. The van der Waals surface area contributed by atoms with Gasteiger partial charge in [0.2, 0.25) is 0 Å². The van der Waals surface area contributed by atoms with Crippen LogP contribution < -0.4 is 0 Å². The molecular weight excluding hydrogens is 168 g/mol. The molecule has 0 aliphatic rings. The molecule has 0 heterocycles. The van der Waals surface area contributed by atoms with Crippen LogP contribution in [0.4, 0.5) is 0 Å². The molecular formula is C9H16SSi. The number of allylic oxidation sites excluding steroid dienone is 2. The van der Waals surface area contributed by atoms with Crippen molar-refractivity contribution in [2.75, 3.05) is 0 Å². The minimum atomic E-state index is -1.24. The maximum Gasteiger partial charge on any atom is 0.0842 e. The first kappa shape index (κ1) is 10.8. The van der Waals surface area contributed by atoms with Gasteiger partial charge in [0, 0.05) is 0 Å². The van der Waals surface area contributed by atoms with Gasteiger partial charge in [-0.3, -0.25) is 0 Å². The molecule has 0 aliphatic carbocycles. The Hall–Kier alpha value is -0.173. The van der Waals surface area contributed by atoms with Crippen molar-refractivity contribution in [3.05, 3.63) is 17.9 Å². The minimum Gasteiger partial charge on any atom is -0.102 e. The molecule has 0 spiro atoms. The van der Waals surface area contributed by atoms with E-state index in [0.717, 1.165) is 0 Å². The Bertz CT molecular complexity index is 194. The Kier molecular flexibility index (Phi) is 3.94. The largest absolute Gasteiger partial charge is 0.102 e. The predicted molar refractivity (Wildman–Crippen MR) is 58.8 cm³/mol. The average Bonchev–Trinajstić information content (AvgIpc) is 1.86. The smallest absolute Gasteiger partial charge is 0.0842 e. The van der Waals surface area contributed by atoms with E-state index in [1.807, 2.05) is 6.08 Å². The summed E-state index contributed by atoms with van der Waals surface area (Å²) in [6.07, 6.45) is 1.94. The van der Waals surface area contributed by atoms with Gasteiger partial charge in [-0.05, 0) is 23.3 Å². The molecule has 0 radical (unpaired) electrons. The van der Waals surface area contributed by atoms with Crippen molar-refractivity contribution in [2.24, 2.45) is 5.92 Å². The van der Waals surface area contributed by atoms with Crippen LogP contribution in [0, 0.1) is 5.92 Å². The summed E-state index contributed by atoms with van der Waals surface area (Å²) in [5.41, 5.74) is 0. The highest BCUT2D eigenvalue weighted by atomic mass is 32.1. The maximum atomic E-state index is 4.86. The molecule has 0 aromatic heterocycles. The molecule has 0 aliphatic heterocycles. The second-order valence-electron chi connectivity index (χ2n) is 3.79. The first-order valence-corrected chi connectivity index (χ1v) is 7.72. The molecule has 0 nitrogen and oxygen atoms in total. The molecule has 0 rings (SSSR count). The average molecular weight is 184 g/mol. The fraction of sp³-hybridized carbons (Fsp3) is 0.556. The van der Waals surface area contributed by atoms with E-state index in [9.17, 15) is 0 Å². The Morgan fingerprint density at radius 3 is 2.09 bits per heavy atom. The molecule has 0 aromatic rings. The van der Waals surface area contributed by atoms with Gasteiger partial charge in [0.25, 0.3) is 0 Å². The molecule has 0 saturated carbocycles. The van der Waals surface area contributed by atoms with E-state index in [-0.39, 0.29) is 0 Å². The number of hydrogen-bond donors (Lipinski definition) is 0. The van der Waals surface area contributed by atoms with Crippen LogP contribution in [0.2, 0.25) is 19.6 Å². The predicted octanol–water partition coefficient (Wildman–Crippen LogP) is 3.21. The molecule has 0 fully saturated rings. The molecule has 11 heavy (non-hydrogen) atoms. The molecule has 0 saturated heterocycles. The van der Waals surface area contributed by atoms with E-state index < -0.39 is 8.07 Å². The maximum absolute atomic E-state index is 4.86. The zero-order valence-corrected chi connectivity index (χ0v) is 9.59. The third-order valence-corrected chi connectivity index (χ3v) is 4.32. The Morgan fingerprint density at radius 1 is 1.55 bits per heavy atom. The fourth-order valence-corrected chi connectivity index (χ4v) is 3.94. The summed E-state index contributed by atoms with van der Waals surface area (Å²) in [4.78, 5) is 0. The lowest BCUT2D eigenvalue weighted by Gasteiger charge is -2.21. The van der Waals surface area contributed by atoms with Crippen LogP contribution >= 0.6 is 12.2 Å². The monoisotopic (exact) mass is 184 g/mol. The topological polar surface area (TPSA) is 0 Å². The van der Waals surface area contributed by atoms with Crippen molar-refractivity contribution in [3.8, 4) is 0 Å². The zero-order chi connectivity index (χ0) is 9.07. The van der Waals surface area contributed by atoms with Gasteiger partial charge in [0.05, 0.1) is 8.07 Å². The van der Waals surface area contributed by atoms with Crippen LogP contribution in [0.1, 0.15) is 6.92 Å². The highest BCUT2D eigenvalue weighted by Gasteiger charge is 2.22. The Morgan fingerprint density at radius 2 is 2.00 bits per heavy atom.